The SMILES string of the molecule is COC(=O)c1cc(Nc2ncnc(N3CCN(Cc4ccccc4)CC3)c2[N+](=O)[O-])cc(C(=O)OC)c1. The summed E-state index contributed by atoms with van der Waals surface area (Å²) in [5, 5.41) is 15.0. The van der Waals surface area contributed by atoms with Crippen molar-refractivity contribution in [3.8, 4) is 0 Å². The molecule has 1 aromatic heterocycles. The zero-order chi connectivity index (χ0) is 26.4. The predicted molar refractivity (Wildman–Crippen MR) is 135 cm³/mol. The van der Waals surface area contributed by atoms with E-state index in [1.54, 1.807) is 0 Å². The van der Waals surface area contributed by atoms with E-state index >= 15 is 0 Å². The molecule has 12 nitrogen and oxygen atoms in total. The van der Waals surface area contributed by atoms with Crippen LogP contribution in [-0.2, 0) is 16.0 Å². The lowest BCUT2D eigenvalue weighted by atomic mass is 10.1. The molecule has 0 spiro atoms. The van der Waals surface area contributed by atoms with Gasteiger partial charge in [0, 0.05) is 38.4 Å². The molecule has 0 amide bonds. The van der Waals surface area contributed by atoms with Gasteiger partial charge in [-0.25, -0.2) is 19.6 Å². The number of rotatable bonds is 8. The Bertz CT molecular complexity index is 1260. The van der Waals surface area contributed by atoms with Crippen molar-refractivity contribution in [1.82, 2.24) is 14.9 Å². The molecule has 2 heterocycles. The van der Waals surface area contributed by atoms with Crippen molar-refractivity contribution in [2.24, 2.45) is 0 Å². The number of nitro groups is 1. The van der Waals surface area contributed by atoms with Gasteiger partial charge in [0.1, 0.15) is 6.33 Å². The molecule has 12 heteroatoms. The second-order valence-corrected chi connectivity index (χ2v) is 8.31. The topological polar surface area (TPSA) is 140 Å². The summed E-state index contributed by atoms with van der Waals surface area (Å²) < 4.78 is 9.51. The Hall–Kier alpha value is -4.58. The molecule has 0 radical (unpaired) electrons. The van der Waals surface area contributed by atoms with Crippen LogP contribution in [0.3, 0.4) is 0 Å². The van der Waals surface area contributed by atoms with Crippen molar-refractivity contribution < 1.29 is 24.0 Å². The highest BCUT2D eigenvalue weighted by molar-refractivity contribution is 5.97. The van der Waals surface area contributed by atoms with E-state index in [4.69, 9.17) is 9.47 Å². The van der Waals surface area contributed by atoms with Crippen LogP contribution in [0.2, 0.25) is 0 Å². The molecular weight excluding hydrogens is 480 g/mol. The first kappa shape index (κ1) is 25.5. The third-order valence-electron chi connectivity index (χ3n) is 5.94. The first-order valence-electron chi connectivity index (χ1n) is 11.5. The molecule has 192 valence electrons. The molecule has 3 aromatic rings. The van der Waals surface area contributed by atoms with Crippen molar-refractivity contribution in [3.63, 3.8) is 0 Å². The fraction of sp³-hybridized carbons (Fsp3) is 0.280. The Kier molecular flexibility index (Phi) is 7.89. The number of ether oxygens (including phenoxy) is 2. The molecular formula is C25H26N6O6. The molecule has 0 atom stereocenters. The van der Waals surface area contributed by atoms with E-state index in [9.17, 15) is 19.7 Å². The van der Waals surface area contributed by atoms with Crippen molar-refractivity contribution in [1.29, 1.82) is 0 Å². The minimum atomic E-state index is -0.681. The standard InChI is InChI=1S/C25H26N6O6/c1-36-24(32)18-12-19(25(33)37-2)14-20(13-18)28-22-21(31(34)35)23(27-16-26-22)30-10-8-29(9-11-30)15-17-6-4-3-5-7-17/h3-7,12-14,16H,8-11,15H2,1-2H3,(H,26,27,28). The number of methoxy groups -OCH3 is 2. The van der Waals surface area contributed by atoms with E-state index in [2.05, 4.69) is 32.3 Å². The molecule has 37 heavy (non-hydrogen) atoms. The van der Waals surface area contributed by atoms with Crippen molar-refractivity contribution in [2.45, 2.75) is 6.54 Å². The van der Waals surface area contributed by atoms with E-state index in [0.717, 1.165) is 6.54 Å². The van der Waals surface area contributed by atoms with Gasteiger partial charge in [0.2, 0.25) is 11.6 Å². The summed E-state index contributed by atoms with van der Waals surface area (Å²) in [7, 11) is 2.42. The average Bonchev–Trinajstić information content (AvgIpc) is 2.92. The van der Waals surface area contributed by atoms with Crippen LogP contribution in [-0.4, -0.2) is 72.1 Å². The highest BCUT2D eigenvalue weighted by Crippen LogP contribution is 2.34. The Morgan fingerprint density at radius 3 is 2.16 bits per heavy atom. The molecule has 0 aliphatic carbocycles. The summed E-state index contributed by atoms with van der Waals surface area (Å²) in [6, 6.07) is 14.2. The molecule has 1 fully saturated rings. The minimum Gasteiger partial charge on any atom is -0.465 e. The highest BCUT2D eigenvalue weighted by Gasteiger charge is 2.29. The highest BCUT2D eigenvalue weighted by atomic mass is 16.6. The summed E-state index contributed by atoms with van der Waals surface area (Å²) in [6.45, 7) is 3.32. The van der Waals surface area contributed by atoms with Crippen molar-refractivity contribution in [3.05, 3.63) is 81.7 Å². The van der Waals surface area contributed by atoms with Crippen LogP contribution in [0.1, 0.15) is 26.3 Å². The van der Waals surface area contributed by atoms with Crippen LogP contribution < -0.4 is 10.2 Å². The largest absolute Gasteiger partial charge is 0.465 e. The third-order valence-corrected chi connectivity index (χ3v) is 5.94. The van der Waals surface area contributed by atoms with E-state index in [0.29, 0.717) is 26.2 Å². The second-order valence-electron chi connectivity index (χ2n) is 8.31. The summed E-state index contributed by atoms with van der Waals surface area (Å²) in [5.41, 5.74) is 1.26. The maximum absolute atomic E-state index is 12.1. The zero-order valence-electron chi connectivity index (χ0n) is 20.4. The lowest BCUT2D eigenvalue weighted by Crippen LogP contribution is -2.46. The van der Waals surface area contributed by atoms with Gasteiger partial charge in [0.15, 0.2) is 0 Å². The number of hydrogen-bond acceptors (Lipinski definition) is 11. The quantitative estimate of drug-likeness (QED) is 0.274. The van der Waals surface area contributed by atoms with Gasteiger partial charge in [-0.1, -0.05) is 30.3 Å². The Morgan fingerprint density at radius 1 is 0.973 bits per heavy atom. The number of carbonyl (C=O) groups is 2. The first-order chi connectivity index (χ1) is 17.9. The second kappa shape index (κ2) is 11.4. The zero-order valence-corrected chi connectivity index (χ0v) is 20.4. The molecule has 1 aliphatic heterocycles. The number of hydrogen-bond donors (Lipinski definition) is 1. The fourth-order valence-electron chi connectivity index (χ4n) is 4.13. The minimum absolute atomic E-state index is 0.0689. The lowest BCUT2D eigenvalue weighted by Gasteiger charge is -2.35. The van der Waals surface area contributed by atoms with Crippen LogP contribution in [0.25, 0.3) is 0 Å². The fourth-order valence-corrected chi connectivity index (χ4v) is 4.13. The van der Waals surface area contributed by atoms with Crippen LogP contribution in [0.4, 0.5) is 23.0 Å². The number of nitrogens with zero attached hydrogens (tertiary/aromatic N) is 5. The lowest BCUT2D eigenvalue weighted by molar-refractivity contribution is -0.383. The van der Waals surface area contributed by atoms with Crippen molar-refractivity contribution in [2.75, 3.05) is 50.6 Å². The molecule has 1 N–H and O–H groups in total. The van der Waals surface area contributed by atoms with E-state index in [1.807, 2.05) is 23.1 Å². The van der Waals surface area contributed by atoms with Gasteiger partial charge in [-0.05, 0) is 23.8 Å². The maximum Gasteiger partial charge on any atom is 0.353 e. The van der Waals surface area contributed by atoms with Crippen LogP contribution >= 0.6 is 0 Å². The van der Waals surface area contributed by atoms with E-state index < -0.39 is 16.9 Å². The maximum atomic E-state index is 12.1. The Balaban J connectivity index is 1.58. The van der Waals surface area contributed by atoms with Gasteiger partial charge in [-0.3, -0.25) is 15.0 Å². The Labute approximate surface area is 213 Å². The third kappa shape index (κ3) is 5.98. The molecule has 4 rings (SSSR count). The molecule has 2 aromatic carbocycles. The van der Waals surface area contributed by atoms with Gasteiger partial charge < -0.3 is 19.7 Å². The normalized spacial score (nSPS) is 13.6. The number of piperazine rings is 1. The predicted octanol–water partition coefficient (Wildman–Crippen LogP) is 3.02. The number of aromatic nitrogens is 2. The Morgan fingerprint density at radius 2 is 1.59 bits per heavy atom. The average molecular weight is 507 g/mol. The smallest absolute Gasteiger partial charge is 0.353 e. The summed E-state index contributed by atoms with van der Waals surface area (Å²) in [6.07, 6.45) is 1.24. The van der Waals surface area contributed by atoms with E-state index in [-0.39, 0.29) is 34.1 Å². The van der Waals surface area contributed by atoms with Gasteiger partial charge in [0.25, 0.3) is 0 Å². The molecule has 1 aliphatic rings. The number of esters is 2. The first-order valence-corrected chi connectivity index (χ1v) is 11.5. The summed E-state index contributed by atoms with van der Waals surface area (Å²) in [4.78, 5) is 48.2. The number of anilines is 3. The van der Waals surface area contributed by atoms with Crippen LogP contribution in [0, 0.1) is 10.1 Å². The molecule has 0 unspecified atom stereocenters. The summed E-state index contributed by atoms with van der Waals surface area (Å²) in [5.74, 6) is -1.24. The van der Waals surface area contributed by atoms with Gasteiger partial charge in [-0.2, -0.15) is 0 Å². The van der Waals surface area contributed by atoms with Gasteiger partial charge in [-0.15, -0.1) is 0 Å². The molecule has 0 bridgehead atoms. The van der Waals surface area contributed by atoms with Crippen molar-refractivity contribution >= 4 is 34.9 Å². The van der Waals surface area contributed by atoms with Crippen LogP contribution in [0.5, 0.6) is 0 Å². The monoisotopic (exact) mass is 506 g/mol. The molecule has 1 saturated heterocycles. The number of benzene rings is 2. The summed E-state index contributed by atoms with van der Waals surface area (Å²) >= 11 is 0. The van der Waals surface area contributed by atoms with E-state index in [1.165, 1.54) is 44.3 Å². The van der Waals surface area contributed by atoms with Crippen LogP contribution in [0.15, 0.2) is 54.9 Å². The van der Waals surface area contributed by atoms with Gasteiger partial charge >= 0.3 is 17.6 Å². The number of nitrogens with one attached hydrogen (secondary N) is 1. The molecule has 0 saturated carbocycles. The van der Waals surface area contributed by atoms with Gasteiger partial charge in [0.05, 0.1) is 30.3 Å². The number of carbonyl (C=O) groups excluding carboxylic acids is 2.